The summed E-state index contributed by atoms with van der Waals surface area (Å²) in [6.45, 7) is 7.41. The van der Waals surface area contributed by atoms with Crippen LogP contribution in [-0.2, 0) is 65.4 Å². The van der Waals surface area contributed by atoms with E-state index in [9.17, 15) is 43.2 Å². The lowest BCUT2D eigenvalue weighted by Gasteiger charge is -2.21. The summed E-state index contributed by atoms with van der Waals surface area (Å²) in [5, 5.41) is 10.7. The first-order valence-electron chi connectivity index (χ1n) is 47.1. The monoisotopic (exact) mass is 1610 g/mol. The quantitative estimate of drug-likeness (QED) is 0.0222. The van der Waals surface area contributed by atoms with Crippen LogP contribution in [0.25, 0.3) is 0 Å². The van der Waals surface area contributed by atoms with Gasteiger partial charge in [-0.05, 0) is 31.6 Å². The topological polar surface area (TPSA) is 237 Å². The molecule has 654 valence electrons. The highest BCUT2D eigenvalue weighted by Crippen LogP contribution is 2.45. The van der Waals surface area contributed by atoms with Crippen molar-refractivity contribution in [3.63, 3.8) is 0 Å². The lowest BCUT2D eigenvalue weighted by Crippen LogP contribution is -2.30. The second-order valence-corrected chi connectivity index (χ2v) is 36.1. The van der Waals surface area contributed by atoms with E-state index in [1.807, 2.05) is 0 Å². The molecule has 0 spiro atoms. The Labute approximate surface area is 677 Å². The van der Waals surface area contributed by atoms with Crippen molar-refractivity contribution in [3.05, 3.63) is 0 Å². The third kappa shape index (κ3) is 84.0. The minimum atomic E-state index is -4.97. The first kappa shape index (κ1) is 108. The first-order valence-corrected chi connectivity index (χ1v) is 50.1. The van der Waals surface area contributed by atoms with Crippen molar-refractivity contribution >= 4 is 39.5 Å². The third-order valence-corrected chi connectivity index (χ3v) is 23.4. The van der Waals surface area contributed by atoms with Gasteiger partial charge in [0.15, 0.2) is 12.2 Å². The van der Waals surface area contributed by atoms with Gasteiger partial charge in [-0.25, -0.2) is 9.13 Å². The average molecular weight is 1610 g/mol. The molecule has 0 heterocycles. The standard InChI is InChI=1S/C91H178O17P2/c1-6-9-12-15-18-21-23-25-27-29-31-32-33-34-40-44-48-52-57-62-67-72-77-91(96)108-87(81-102-89(94)75-70-65-60-55-50-46-42-39-36-35-37-41-45-49-54-58-63-68-73-84(4)5)83-106-110(99,100)104-79-85(92)78-103-109(97,98)105-82-86(80-101-88(93)74-69-64-59-53-20-17-14-11-8-3)107-90(95)76-71-66-61-56-51-47-43-38-30-28-26-24-22-19-16-13-10-7-2/h84-87,92H,6-83H2,1-5H3,(H,97,98)(H,99,100)/t85-,86+,87+/m0/s1. The molecule has 0 aromatic rings. The molecule has 0 saturated carbocycles. The average Bonchev–Trinajstić information content (AvgIpc) is 0.899. The van der Waals surface area contributed by atoms with Crippen molar-refractivity contribution in [2.45, 2.75) is 515 Å². The van der Waals surface area contributed by atoms with E-state index in [4.69, 9.17) is 37.0 Å². The van der Waals surface area contributed by atoms with Crippen LogP contribution in [0.3, 0.4) is 0 Å². The summed E-state index contributed by atoms with van der Waals surface area (Å²) in [5.41, 5.74) is 0. The van der Waals surface area contributed by atoms with Gasteiger partial charge in [-0.3, -0.25) is 37.3 Å². The van der Waals surface area contributed by atoms with Gasteiger partial charge < -0.3 is 33.8 Å². The van der Waals surface area contributed by atoms with E-state index >= 15 is 0 Å². The molecular formula is C91H178O17P2. The van der Waals surface area contributed by atoms with Crippen LogP contribution in [0, 0.1) is 5.92 Å². The zero-order chi connectivity index (χ0) is 80.4. The van der Waals surface area contributed by atoms with E-state index in [-0.39, 0.29) is 25.7 Å². The van der Waals surface area contributed by atoms with Crippen LogP contribution in [0.5, 0.6) is 0 Å². The Bertz CT molecular complexity index is 2080. The maximum Gasteiger partial charge on any atom is 0.472 e. The smallest absolute Gasteiger partial charge is 0.462 e. The van der Waals surface area contributed by atoms with Crippen LogP contribution >= 0.6 is 15.6 Å². The van der Waals surface area contributed by atoms with Crippen molar-refractivity contribution in [1.29, 1.82) is 0 Å². The summed E-state index contributed by atoms with van der Waals surface area (Å²) in [7, 11) is -9.93. The molecule has 0 aliphatic rings. The number of phosphoric acid groups is 2. The van der Waals surface area contributed by atoms with E-state index in [0.717, 1.165) is 95.8 Å². The lowest BCUT2D eigenvalue weighted by atomic mass is 10.0. The molecule has 3 N–H and O–H groups in total. The number of hydrogen-bond acceptors (Lipinski definition) is 15. The molecule has 0 aliphatic carbocycles. The van der Waals surface area contributed by atoms with E-state index in [1.54, 1.807) is 0 Å². The zero-order valence-electron chi connectivity index (χ0n) is 72.4. The van der Waals surface area contributed by atoms with Gasteiger partial charge in [0.1, 0.15) is 19.3 Å². The summed E-state index contributed by atoms with van der Waals surface area (Å²) in [6, 6.07) is 0. The van der Waals surface area contributed by atoms with Crippen molar-refractivity contribution in [1.82, 2.24) is 0 Å². The molecule has 17 nitrogen and oxygen atoms in total. The van der Waals surface area contributed by atoms with Gasteiger partial charge in [0.2, 0.25) is 0 Å². The van der Waals surface area contributed by atoms with Crippen LogP contribution in [0.1, 0.15) is 497 Å². The molecular weight excluding hydrogens is 1430 g/mol. The van der Waals surface area contributed by atoms with Gasteiger partial charge in [0.25, 0.3) is 0 Å². The fourth-order valence-electron chi connectivity index (χ4n) is 14.4. The normalized spacial score (nSPS) is 13.7. The number of esters is 4. The van der Waals surface area contributed by atoms with Gasteiger partial charge in [0.05, 0.1) is 26.4 Å². The molecule has 0 bridgehead atoms. The minimum Gasteiger partial charge on any atom is -0.462 e. The second kappa shape index (κ2) is 83.5. The molecule has 0 fully saturated rings. The number of unbranched alkanes of at least 4 members (excludes halogenated alkanes) is 63. The molecule has 0 amide bonds. The number of phosphoric ester groups is 2. The fourth-order valence-corrected chi connectivity index (χ4v) is 15.9. The maximum absolute atomic E-state index is 13.2. The van der Waals surface area contributed by atoms with Crippen LogP contribution < -0.4 is 0 Å². The summed E-state index contributed by atoms with van der Waals surface area (Å²) in [4.78, 5) is 73.3. The van der Waals surface area contributed by atoms with E-state index < -0.39 is 97.5 Å². The molecule has 0 aliphatic heterocycles. The van der Waals surface area contributed by atoms with Gasteiger partial charge >= 0.3 is 39.5 Å². The second-order valence-electron chi connectivity index (χ2n) is 33.2. The molecule has 19 heteroatoms. The van der Waals surface area contributed by atoms with E-state index in [2.05, 4.69) is 34.6 Å². The molecule has 5 atom stereocenters. The molecule has 2 unspecified atom stereocenters. The van der Waals surface area contributed by atoms with Crippen LogP contribution in [-0.4, -0.2) is 96.7 Å². The SMILES string of the molecule is CCCCCCCCCCCCCCCCCCCCCCCCC(=O)O[C@H](COC(=O)CCCCCCCCCCCCCCCCCCCCC(C)C)COP(=O)(O)OC[C@@H](O)COP(=O)(O)OC[C@@H](COC(=O)CCCCCCCCCCC)OC(=O)CCCCCCCCCCCCCCCCCCCC. The Kier molecular flexibility index (Phi) is 82.1. The Hall–Kier alpha value is -1.94. The Morgan fingerprint density at radius 2 is 0.418 bits per heavy atom. The molecule has 0 aromatic carbocycles. The van der Waals surface area contributed by atoms with Crippen molar-refractivity contribution in [2.24, 2.45) is 5.92 Å². The van der Waals surface area contributed by atoms with Crippen LogP contribution in [0.2, 0.25) is 0 Å². The number of carbonyl (C=O) groups excluding carboxylic acids is 4. The highest BCUT2D eigenvalue weighted by atomic mass is 31.2. The number of hydrogen-bond donors (Lipinski definition) is 3. The summed E-state index contributed by atoms with van der Waals surface area (Å²) in [6.07, 6.45) is 79.4. The Morgan fingerprint density at radius 1 is 0.245 bits per heavy atom. The lowest BCUT2D eigenvalue weighted by molar-refractivity contribution is -0.161. The number of rotatable bonds is 91. The van der Waals surface area contributed by atoms with Gasteiger partial charge in [-0.1, -0.05) is 446 Å². The van der Waals surface area contributed by atoms with Crippen LogP contribution in [0.4, 0.5) is 0 Å². The molecule has 0 rings (SSSR count). The highest BCUT2D eigenvalue weighted by molar-refractivity contribution is 7.47. The number of carbonyl (C=O) groups is 4. The number of aliphatic hydroxyl groups is 1. The molecule has 0 aromatic heterocycles. The largest absolute Gasteiger partial charge is 0.472 e. The van der Waals surface area contributed by atoms with Crippen molar-refractivity contribution < 1.29 is 80.2 Å². The Balaban J connectivity index is 5.19. The van der Waals surface area contributed by atoms with E-state index in [1.165, 1.54) is 321 Å². The minimum absolute atomic E-state index is 0.109. The predicted octanol–water partition coefficient (Wildman–Crippen LogP) is 28.3. The fraction of sp³-hybridized carbons (Fsp3) is 0.956. The Morgan fingerprint density at radius 3 is 0.618 bits per heavy atom. The summed E-state index contributed by atoms with van der Waals surface area (Å²) < 4.78 is 69.0. The first-order chi connectivity index (χ1) is 53.5. The van der Waals surface area contributed by atoms with Gasteiger partial charge in [-0.15, -0.1) is 0 Å². The third-order valence-electron chi connectivity index (χ3n) is 21.5. The van der Waals surface area contributed by atoms with Gasteiger partial charge in [0, 0.05) is 25.7 Å². The highest BCUT2D eigenvalue weighted by Gasteiger charge is 2.31. The van der Waals surface area contributed by atoms with E-state index in [0.29, 0.717) is 25.7 Å². The summed E-state index contributed by atoms with van der Waals surface area (Å²) >= 11 is 0. The molecule has 0 radical (unpaired) electrons. The van der Waals surface area contributed by atoms with Gasteiger partial charge in [-0.2, -0.15) is 0 Å². The van der Waals surface area contributed by atoms with Crippen molar-refractivity contribution in [2.75, 3.05) is 39.6 Å². The number of aliphatic hydroxyl groups excluding tert-OH is 1. The number of ether oxygens (including phenoxy) is 4. The van der Waals surface area contributed by atoms with Crippen molar-refractivity contribution in [3.8, 4) is 0 Å². The zero-order valence-corrected chi connectivity index (χ0v) is 74.2. The predicted molar refractivity (Wildman–Crippen MR) is 455 cm³/mol. The molecule has 0 saturated heterocycles. The molecule has 110 heavy (non-hydrogen) atoms. The maximum atomic E-state index is 13.2. The van der Waals surface area contributed by atoms with Crippen LogP contribution in [0.15, 0.2) is 0 Å². The summed E-state index contributed by atoms with van der Waals surface area (Å²) in [5.74, 6) is -1.27.